The average molecular weight is 495 g/mol. The number of fused-ring (bicyclic) bond motifs is 3. The molecule has 1 aliphatic rings. The number of nitrogens with zero attached hydrogens (tertiary/aromatic N) is 2. The number of pyridine rings is 2. The molecule has 5 rings (SSSR count). The molecule has 0 saturated carbocycles. The monoisotopic (exact) mass is 494 g/mol. The van der Waals surface area contributed by atoms with Crippen molar-refractivity contribution < 1.29 is 18.0 Å². The molecule has 2 N–H and O–H groups in total. The summed E-state index contributed by atoms with van der Waals surface area (Å²) in [4.78, 5) is 34.1. The van der Waals surface area contributed by atoms with Crippen molar-refractivity contribution in [1.29, 1.82) is 0 Å². The van der Waals surface area contributed by atoms with E-state index in [2.05, 4.69) is 15.3 Å². The highest BCUT2D eigenvalue weighted by atomic mass is 19.4. The standard InChI is InChI=1S/C27H25F3N4O2/c28-27(29,30)22-8-4-1-5-17(22)15-19(35)16-34-13-10-18(11-14-34)32-23-9-12-31-25-24(23)20-6-2-3-7-21(20)26(36)33-25/h1-9,12,18H,10-11,13-16H2,(H2,31,32,33,36). The van der Waals surface area contributed by atoms with Crippen molar-refractivity contribution in [2.45, 2.75) is 31.5 Å². The van der Waals surface area contributed by atoms with Crippen LogP contribution in [0.5, 0.6) is 0 Å². The predicted molar refractivity (Wildman–Crippen MR) is 133 cm³/mol. The number of halogens is 3. The summed E-state index contributed by atoms with van der Waals surface area (Å²) in [6.07, 6.45) is -1.50. The first kappa shape index (κ1) is 24.0. The van der Waals surface area contributed by atoms with Crippen LogP contribution >= 0.6 is 0 Å². The van der Waals surface area contributed by atoms with Crippen molar-refractivity contribution in [3.05, 3.63) is 82.3 Å². The molecule has 3 heterocycles. The molecule has 0 spiro atoms. The van der Waals surface area contributed by atoms with E-state index in [-0.39, 0.29) is 35.9 Å². The van der Waals surface area contributed by atoms with E-state index in [0.717, 1.165) is 35.4 Å². The van der Waals surface area contributed by atoms with E-state index in [4.69, 9.17) is 0 Å². The summed E-state index contributed by atoms with van der Waals surface area (Å²) in [5, 5.41) is 5.86. The van der Waals surface area contributed by atoms with Crippen LogP contribution in [-0.4, -0.2) is 46.3 Å². The Morgan fingerprint density at radius 1 is 1.03 bits per heavy atom. The zero-order valence-corrected chi connectivity index (χ0v) is 19.4. The minimum atomic E-state index is -4.48. The lowest BCUT2D eigenvalue weighted by atomic mass is 10.00. The number of H-pyrrole nitrogens is 1. The molecule has 0 amide bonds. The fraction of sp³-hybridized carbons (Fsp3) is 0.296. The van der Waals surface area contributed by atoms with E-state index < -0.39 is 11.7 Å². The Morgan fingerprint density at radius 3 is 2.47 bits per heavy atom. The number of nitrogens with one attached hydrogen (secondary N) is 2. The van der Waals surface area contributed by atoms with Crippen LogP contribution in [0.15, 0.2) is 65.6 Å². The maximum absolute atomic E-state index is 13.2. The Balaban J connectivity index is 1.24. The lowest BCUT2D eigenvalue weighted by Crippen LogP contribution is -2.41. The quantitative estimate of drug-likeness (QED) is 0.377. The molecule has 4 aromatic rings. The molecule has 1 fully saturated rings. The summed E-state index contributed by atoms with van der Waals surface area (Å²) in [6, 6.07) is 14.7. The molecule has 9 heteroatoms. The number of aromatic nitrogens is 2. The number of rotatable bonds is 6. The second-order valence-corrected chi connectivity index (χ2v) is 9.15. The number of piperidine rings is 1. The molecule has 2 aromatic heterocycles. The first-order chi connectivity index (χ1) is 17.3. The van der Waals surface area contributed by atoms with Crippen LogP contribution in [0.25, 0.3) is 21.8 Å². The van der Waals surface area contributed by atoms with Gasteiger partial charge in [-0.3, -0.25) is 14.5 Å². The number of alkyl halides is 3. The highest BCUT2D eigenvalue weighted by Gasteiger charge is 2.33. The Morgan fingerprint density at radius 2 is 1.72 bits per heavy atom. The zero-order chi connectivity index (χ0) is 25.3. The first-order valence-corrected chi connectivity index (χ1v) is 11.8. The number of hydrogen-bond donors (Lipinski definition) is 2. The van der Waals surface area contributed by atoms with Gasteiger partial charge in [-0.2, -0.15) is 13.2 Å². The molecular weight excluding hydrogens is 469 g/mol. The Kier molecular flexibility index (Phi) is 6.49. The summed E-state index contributed by atoms with van der Waals surface area (Å²) >= 11 is 0. The number of carbonyl (C=O) groups excluding carboxylic acids is 1. The second kappa shape index (κ2) is 9.73. The molecule has 1 saturated heterocycles. The third kappa shape index (κ3) is 4.97. The summed E-state index contributed by atoms with van der Waals surface area (Å²) in [7, 11) is 0. The fourth-order valence-electron chi connectivity index (χ4n) is 4.95. The third-order valence-corrected chi connectivity index (χ3v) is 6.68. The van der Waals surface area contributed by atoms with Gasteiger partial charge in [0.1, 0.15) is 5.65 Å². The van der Waals surface area contributed by atoms with E-state index in [1.807, 2.05) is 29.2 Å². The number of benzene rings is 2. The summed E-state index contributed by atoms with van der Waals surface area (Å²) in [5.74, 6) is -0.228. The number of ketones is 1. The minimum Gasteiger partial charge on any atom is -0.382 e. The molecule has 0 aliphatic carbocycles. The SMILES string of the molecule is O=C(Cc1ccccc1C(F)(F)F)CN1CCC(Nc2ccnc3[nH]c(=O)c4ccccc4c23)CC1. The van der Waals surface area contributed by atoms with Gasteiger partial charge in [-0.15, -0.1) is 0 Å². The number of likely N-dealkylation sites (tertiary alicyclic amines) is 1. The van der Waals surface area contributed by atoms with Gasteiger partial charge in [-0.25, -0.2) is 4.98 Å². The number of aromatic amines is 1. The Hall–Kier alpha value is -3.72. The van der Waals surface area contributed by atoms with Crippen molar-refractivity contribution >= 4 is 33.3 Å². The van der Waals surface area contributed by atoms with Crippen molar-refractivity contribution in [2.24, 2.45) is 0 Å². The van der Waals surface area contributed by atoms with Crippen LogP contribution in [0.4, 0.5) is 18.9 Å². The van der Waals surface area contributed by atoms with Gasteiger partial charge in [0.05, 0.1) is 12.1 Å². The first-order valence-electron chi connectivity index (χ1n) is 11.8. The lowest BCUT2D eigenvalue weighted by molar-refractivity contribution is -0.138. The molecule has 186 valence electrons. The molecular formula is C27H25F3N4O2. The molecule has 0 unspecified atom stereocenters. The number of Topliss-reactive ketones (excluding diaryl/α,β-unsaturated/α-hetero) is 1. The summed E-state index contributed by atoms with van der Waals surface area (Å²) < 4.78 is 39.7. The van der Waals surface area contributed by atoms with Crippen LogP contribution in [0, 0.1) is 0 Å². The van der Waals surface area contributed by atoms with Crippen molar-refractivity contribution in [2.75, 3.05) is 25.0 Å². The van der Waals surface area contributed by atoms with Gasteiger partial charge in [-0.1, -0.05) is 36.4 Å². The normalized spacial score (nSPS) is 15.4. The second-order valence-electron chi connectivity index (χ2n) is 9.15. The van der Waals surface area contributed by atoms with Gasteiger partial charge in [0.15, 0.2) is 5.78 Å². The number of anilines is 1. The van der Waals surface area contributed by atoms with Crippen LogP contribution in [0.2, 0.25) is 0 Å². The van der Waals surface area contributed by atoms with E-state index in [0.29, 0.717) is 24.1 Å². The van der Waals surface area contributed by atoms with Crippen molar-refractivity contribution in [1.82, 2.24) is 14.9 Å². The van der Waals surface area contributed by atoms with Crippen LogP contribution in [0.3, 0.4) is 0 Å². The lowest BCUT2D eigenvalue weighted by Gasteiger charge is -2.32. The maximum atomic E-state index is 13.2. The Labute approximate surface area is 205 Å². The highest BCUT2D eigenvalue weighted by Crippen LogP contribution is 2.32. The minimum absolute atomic E-state index is 0.0152. The largest absolute Gasteiger partial charge is 0.416 e. The zero-order valence-electron chi connectivity index (χ0n) is 19.4. The average Bonchev–Trinajstić information content (AvgIpc) is 2.85. The predicted octanol–water partition coefficient (Wildman–Crippen LogP) is 4.78. The summed E-state index contributed by atoms with van der Waals surface area (Å²) in [5.41, 5.74) is 0.483. The van der Waals surface area contributed by atoms with Gasteiger partial charge in [0, 0.05) is 53.6 Å². The molecule has 0 bridgehead atoms. The van der Waals surface area contributed by atoms with Crippen molar-refractivity contribution in [3.63, 3.8) is 0 Å². The topological polar surface area (TPSA) is 78.1 Å². The third-order valence-electron chi connectivity index (χ3n) is 6.68. The van der Waals surface area contributed by atoms with Gasteiger partial charge >= 0.3 is 6.18 Å². The summed E-state index contributed by atoms with van der Waals surface area (Å²) in [6.45, 7) is 1.44. The van der Waals surface area contributed by atoms with E-state index in [1.54, 1.807) is 12.3 Å². The molecule has 0 radical (unpaired) electrons. The molecule has 6 nitrogen and oxygen atoms in total. The van der Waals surface area contributed by atoms with E-state index >= 15 is 0 Å². The maximum Gasteiger partial charge on any atom is 0.416 e. The molecule has 2 aromatic carbocycles. The van der Waals surface area contributed by atoms with E-state index in [1.165, 1.54) is 18.2 Å². The highest BCUT2D eigenvalue weighted by molar-refractivity contribution is 6.10. The molecule has 1 aliphatic heterocycles. The van der Waals surface area contributed by atoms with Crippen LogP contribution < -0.4 is 10.9 Å². The van der Waals surface area contributed by atoms with Gasteiger partial charge in [-0.05, 0) is 36.6 Å². The van der Waals surface area contributed by atoms with Gasteiger partial charge in [0.25, 0.3) is 5.56 Å². The smallest absolute Gasteiger partial charge is 0.382 e. The van der Waals surface area contributed by atoms with Crippen LogP contribution in [0.1, 0.15) is 24.0 Å². The molecule has 0 atom stereocenters. The number of carbonyl (C=O) groups is 1. The fourth-order valence-corrected chi connectivity index (χ4v) is 4.95. The van der Waals surface area contributed by atoms with Gasteiger partial charge < -0.3 is 10.3 Å². The van der Waals surface area contributed by atoms with Crippen LogP contribution in [-0.2, 0) is 17.4 Å². The van der Waals surface area contributed by atoms with Gasteiger partial charge in [0.2, 0.25) is 0 Å². The van der Waals surface area contributed by atoms with E-state index in [9.17, 15) is 22.8 Å². The molecule has 36 heavy (non-hydrogen) atoms. The Bertz CT molecular complexity index is 1470. The number of hydrogen-bond acceptors (Lipinski definition) is 5. The van der Waals surface area contributed by atoms with Crippen molar-refractivity contribution in [3.8, 4) is 0 Å².